The zero-order valence-corrected chi connectivity index (χ0v) is 9.36. The Morgan fingerprint density at radius 1 is 1.40 bits per heavy atom. The van der Waals surface area contributed by atoms with Crippen molar-refractivity contribution in [2.45, 2.75) is 37.4 Å². The summed E-state index contributed by atoms with van der Waals surface area (Å²) in [6.07, 6.45) is 7.94. The van der Waals surface area contributed by atoms with Crippen LogP contribution in [0.5, 0.6) is 0 Å². The van der Waals surface area contributed by atoms with E-state index in [1.165, 1.54) is 6.42 Å². The molecule has 2 nitrogen and oxygen atoms in total. The Morgan fingerprint density at radius 3 is 2.93 bits per heavy atom. The Bertz CT molecular complexity index is 373. The lowest BCUT2D eigenvalue weighted by atomic mass is 9.73. The van der Waals surface area contributed by atoms with Crippen LogP contribution in [0.15, 0.2) is 12.2 Å². The molecule has 6 atom stereocenters. The molecule has 1 spiro atoms. The van der Waals surface area contributed by atoms with Crippen molar-refractivity contribution in [2.75, 3.05) is 7.11 Å². The minimum absolute atomic E-state index is 0.0954. The van der Waals surface area contributed by atoms with Gasteiger partial charge in [0.05, 0.1) is 11.2 Å². The molecule has 0 heterocycles. The first kappa shape index (κ1) is 8.77. The van der Waals surface area contributed by atoms with Gasteiger partial charge in [-0.15, -0.1) is 0 Å². The number of hydrogen-bond donors (Lipinski definition) is 1. The highest BCUT2D eigenvalue weighted by atomic mass is 16.5. The van der Waals surface area contributed by atoms with Crippen molar-refractivity contribution in [3.8, 4) is 0 Å². The van der Waals surface area contributed by atoms with E-state index in [4.69, 9.17) is 4.74 Å². The quantitative estimate of drug-likeness (QED) is 0.662. The summed E-state index contributed by atoms with van der Waals surface area (Å²) in [5, 5.41) is 10.4. The van der Waals surface area contributed by atoms with Crippen molar-refractivity contribution in [1.82, 2.24) is 0 Å². The van der Waals surface area contributed by atoms with Gasteiger partial charge in [-0.1, -0.05) is 12.2 Å². The SMILES string of the molecule is CO[C@@]12C3C=CC14CC[C@@](C)(O)[C@H]4CC32. The van der Waals surface area contributed by atoms with Crippen molar-refractivity contribution in [3.05, 3.63) is 12.2 Å². The van der Waals surface area contributed by atoms with E-state index < -0.39 is 5.60 Å². The Kier molecular flexibility index (Phi) is 1.20. The number of rotatable bonds is 1. The lowest BCUT2D eigenvalue weighted by Crippen LogP contribution is -2.41. The van der Waals surface area contributed by atoms with Gasteiger partial charge in [0.1, 0.15) is 0 Å². The second-order valence-corrected chi connectivity index (χ2v) is 6.17. The largest absolute Gasteiger partial charge is 0.390 e. The van der Waals surface area contributed by atoms with E-state index >= 15 is 0 Å². The molecule has 1 N–H and O–H groups in total. The van der Waals surface area contributed by atoms with E-state index in [2.05, 4.69) is 12.2 Å². The lowest BCUT2D eigenvalue weighted by Gasteiger charge is -2.36. The van der Waals surface area contributed by atoms with E-state index in [-0.39, 0.29) is 11.0 Å². The molecule has 0 aromatic rings. The maximum Gasteiger partial charge on any atom is 0.0873 e. The zero-order valence-electron chi connectivity index (χ0n) is 9.36. The van der Waals surface area contributed by atoms with Crippen LogP contribution >= 0.6 is 0 Å². The van der Waals surface area contributed by atoms with Crippen LogP contribution in [0.3, 0.4) is 0 Å². The molecule has 0 aromatic heterocycles. The van der Waals surface area contributed by atoms with Gasteiger partial charge in [-0.2, -0.15) is 0 Å². The molecule has 0 aromatic carbocycles. The first-order valence-corrected chi connectivity index (χ1v) is 6.05. The Hall–Kier alpha value is -0.340. The summed E-state index contributed by atoms with van der Waals surface area (Å²) in [6.45, 7) is 2.02. The molecule has 15 heavy (non-hydrogen) atoms. The molecule has 4 aliphatic carbocycles. The standard InChI is InChI=1S/C13H18O2/c1-11(14)5-6-12-4-3-8-9(7-10(11)12)13(8,12)15-2/h3-4,8-10,14H,5-7H2,1-2H3/t8?,9?,10-,11-,12?,13-/m1/s1. The highest BCUT2D eigenvalue weighted by Gasteiger charge is 2.85. The normalized spacial score (nSPS) is 68.3. The molecular weight excluding hydrogens is 188 g/mol. The van der Waals surface area contributed by atoms with Crippen LogP contribution in [0.25, 0.3) is 0 Å². The summed E-state index contributed by atoms with van der Waals surface area (Å²) in [4.78, 5) is 0. The van der Waals surface area contributed by atoms with Crippen molar-refractivity contribution in [1.29, 1.82) is 0 Å². The highest BCUT2D eigenvalue weighted by Crippen LogP contribution is 2.82. The molecular formula is C13H18O2. The van der Waals surface area contributed by atoms with Gasteiger partial charge in [0.2, 0.25) is 0 Å². The zero-order chi connectivity index (χ0) is 10.5. The second-order valence-electron chi connectivity index (χ2n) is 6.17. The number of hydrogen-bond acceptors (Lipinski definition) is 2. The second kappa shape index (κ2) is 2.05. The molecule has 2 heteroatoms. The molecule has 0 bridgehead atoms. The van der Waals surface area contributed by atoms with Gasteiger partial charge < -0.3 is 9.84 Å². The van der Waals surface area contributed by atoms with Gasteiger partial charge in [0.15, 0.2) is 0 Å². The molecule has 0 saturated heterocycles. The van der Waals surface area contributed by atoms with Crippen LogP contribution in [-0.2, 0) is 4.74 Å². The number of ether oxygens (including phenoxy) is 1. The molecule has 3 saturated carbocycles. The molecule has 3 unspecified atom stereocenters. The topological polar surface area (TPSA) is 29.5 Å². The third-order valence-corrected chi connectivity index (χ3v) is 5.94. The molecule has 0 amide bonds. The smallest absolute Gasteiger partial charge is 0.0873 e. The van der Waals surface area contributed by atoms with Gasteiger partial charge in [-0.3, -0.25) is 0 Å². The van der Waals surface area contributed by atoms with Crippen LogP contribution in [0.1, 0.15) is 26.2 Å². The molecule has 4 aliphatic rings. The average Bonchev–Trinajstić information content (AvgIpc) is 2.50. The lowest BCUT2D eigenvalue weighted by molar-refractivity contribution is -0.0457. The van der Waals surface area contributed by atoms with E-state index in [1.54, 1.807) is 0 Å². The molecule has 0 radical (unpaired) electrons. The fraction of sp³-hybridized carbons (Fsp3) is 0.846. The van der Waals surface area contributed by atoms with E-state index in [0.717, 1.165) is 12.8 Å². The average molecular weight is 206 g/mol. The summed E-state index contributed by atoms with van der Waals surface area (Å²) in [6, 6.07) is 0. The van der Waals surface area contributed by atoms with E-state index in [1.807, 2.05) is 14.0 Å². The maximum atomic E-state index is 10.4. The van der Waals surface area contributed by atoms with Crippen molar-refractivity contribution < 1.29 is 9.84 Å². The van der Waals surface area contributed by atoms with Crippen LogP contribution in [0.4, 0.5) is 0 Å². The summed E-state index contributed by atoms with van der Waals surface area (Å²) >= 11 is 0. The first-order valence-electron chi connectivity index (χ1n) is 6.05. The summed E-state index contributed by atoms with van der Waals surface area (Å²) in [5.41, 5.74) is -0.184. The van der Waals surface area contributed by atoms with Gasteiger partial charge in [0, 0.05) is 18.4 Å². The first-order chi connectivity index (χ1) is 7.08. The fourth-order valence-electron chi connectivity index (χ4n) is 5.35. The minimum Gasteiger partial charge on any atom is -0.390 e. The summed E-state index contributed by atoms with van der Waals surface area (Å²) < 4.78 is 5.88. The van der Waals surface area contributed by atoms with Crippen LogP contribution < -0.4 is 0 Å². The summed E-state index contributed by atoms with van der Waals surface area (Å²) in [5.74, 6) is 1.79. The minimum atomic E-state index is -0.460. The fourth-order valence-corrected chi connectivity index (χ4v) is 5.35. The summed E-state index contributed by atoms with van der Waals surface area (Å²) in [7, 11) is 1.86. The van der Waals surface area contributed by atoms with Gasteiger partial charge in [-0.05, 0) is 38.0 Å². The predicted molar refractivity (Wildman–Crippen MR) is 56.3 cm³/mol. The van der Waals surface area contributed by atoms with Crippen LogP contribution in [0, 0.1) is 23.2 Å². The van der Waals surface area contributed by atoms with Gasteiger partial charge in [-0.25, -0.2) is 0 Å². The van der Waals surface area contributed by atoms with Crippen molar-refractivity contribution in [2.24, 2.45) is 23.2 Å². The monoisotopic (exact) mass is 206 g/mol. The van der Waals surface area contributed by atoms with E-state index in [9.17, 15) is 5.11 Å². The molecule has 3 fully saturated rings. The van der Waals surface area contributed by atoms with Crippen molar-refractivity contribution >= 4 is 0 Å². The Morgan fingerprint density at radius 2 is 2.20 bits per heavy atom. The predicted octanol–water partition coefficient (Wildman–Crippen LogP) is 1.74. The molecule has 0 aliphatic heterocycles. The van der Waals surface area contributed by atoms with Crippen LogP contribution in [-0.4, -0.2) is 23.4 Å². The van der Waals surface area contributed by atoms with E-state index in [0.29, 0.717) is 17.8 Å². The highest BCUT2D eigenvalue weighted by molar-refractivity contribution is 5.45. The molecule has 4 rings (SSSR count). The third kappa shape index (κ3) is 0.622. The number of aliphatic hydroxyl groups is 1. The van der Waals surface area contributed by atoms with Crippen molar-refractivity contribution in [3.63, 3.8) is 0 Å². The number of fused-ring (bicyclic) bond motifs is 1. The van der Waals surface area contributed by atoms with Gasteiger partial charge in [0.25, 0.3) is 0 Å². The van der Waals surface area contributed by atoms with Crippen LogP contribution in [0.2, 0.25) is 0 Å². The third-order valence-electron chi connectivity index (χ3n) is 5.94. The van der Waals surface area contributed by atoms with Gasteiger partial charge >= 0.3 is 0 Å². The Balaban J connectivity index is 1.88. The maximum absolute atomic E-state index is 10.4. The number of methoxy groups -OCH3 is 1. The Labute approximate surface area is 90.3 Å². The molecule has 82 valence electrons.